The average molecular weight is 240 g/mol. The van der Waals surface area contributed by atoms with Gasteiger partial charge in [-0.3, -0.25) is 4.90 Å². The Morgan fingerprint density at radius 3 is 2.06 bits per heavy atom. The highest BCUT2D eigenvalue weighted by molar-refractivity contribution is 4.91. The average Bonchev–Trinajstić information content (AvgIpc) is 2.05. The number of nitrogens with zero attached hydrogens (tertiary/aromatic N) is 1. The van der Waals surface area contributed by atoms with Crippen LogP contribution in [0.1, 0.15) is 26.7 Å². The lowest BCUT2D eigenvalue weighted by Gasteiger charge is -2.42. The molecule has 0 radical (unpaired) electrons. The summed E-state index contributed by atoms with van der Waals surface area (Å²) in [6.07, 6.45) is -3.60. The van der Waals surface area contributed by atoms with E-state index < -0.39 is 23.9 Å². The van der Waals surface area contributed by atoms with Crippen molar-refractivity contribution in [2.24, 2.45) is 5.73 Å². The van der Waals surface area contributed by atoms with Gasteiger partial charge in [-0.2, -0.15) is 13.2 Å². The van der Waals surface area contributed by atoms with Crippen molar-refractivity contribution >= 4 is 0 Å². The van der Waals surface area contributed by atoms with Gasteiger partial charge in [0.15, 0.2) is 0 Å². The van der Waals surface area contributed by atoms with Crippen molar-refractivity contribution in [3.63, 3.8) is 0 Å². The van der Waals surface area contributed by atoms with Crippen molar-refractivity contribution in [3.05, 3.63) is 0 Å². The van der Waals surface area contributed by atoms with Crippen molar-refractivity contribution in [1.82, 2.24) is 4.90 Å². The summed E-state index contributed by atoms with van der Waals surface area (Å²) in [7, 11) is 0. The van der Waals surface area contributed by atoms with Gasteiger partial charge in [-0.05, 0) is 26.7 Å². The number of likely N-dealkylation sites (tertiary alicyclic amines) is 1. The quantitative estimate of drug-likeness (QED) is 0.760. The number of hydrogen-bond acceptors (Lipinski definition) is 3. The van der Waals surface area contributed by atoms with Crippen LogP contribution >= 0.6 is 0 Å². The molecule has 3 N–H and O–H groups in total. The first kappa shape index (κ1) is 13.7. The summed E-state index contributed by atoms with van der Waals surface area (Å²) >= 11 is 0. The second-order valence-corrected chi connectivity index (χ2v) is 4.88. The molecule has 0 aliphatic carbocycles. The predicted molar refractivity (Wildman–Crippen MR) is 54.9 cm³/mol. The number of aliphatic hydroxyl groups is 1. The molecule has 1 fully saturated rings. The van der Waals surface area contributed by atoms with Gasteiger partial charge in [0.2, 0.25) is 0 Å². The fraction of sp³-hybridized carbons (Fsp3) is 1.00. The summed E-state index contributed by atoms with van der Waals surface area (Å²) in [6.45, 7) is 3.49. The molecule has 0 aromatic rings. The lowest BCUT2D eigenvalue weighted by Crippen LogP contribution is -2.58. The van der Waals surface area contributed by atoms with Crippen molar-refractivity contribution in [1.29, 1.82) is 0 Å². The zero-order chi connectivity index (χ0) is 12.6. The first-order valence-electron chi connectivity index (χ1n) is 5.42. The van der Waals surface area contributed by atoms with E-state index in [-0.39, 0.29) is 13.1 Å². The number of hydrogen-bond donors (Lipinski definition) is 2. The molecule has 1 heterocycles. The van der Waals surface area contributed by atoms with E-state index in [0.717, 1.165) is 0 Å². The fourth-order valence-corrected chi connectivity index (χ4v) is 2.12. The summed E-state index contributed by atoms with van der Waals surface area (Å²) in [5.74, 6) is 0. The minimum Gasteiger partial charge on any atom is -0.390 e. The van der Waals surface area contributed by atoms with E-state index in [4.69, 9.17) is 5.73 Å². The Hall–Kier alpha value is -0.330. The van der Waals surface area contributed by atoms with Crippen LogP contribution in [0.3, 0.4) is 0 Å². The van der Waals surface area contributed by atoms with Crippen LogP contribution in [0.5, 0.6) is 0 Å². The molecule has 6 heteroatoms. The molecular formula is C10H19F3N2O. The van der Waals surface area contributed by atoms with Crippen molar-refractivity contribution < 1.29 is 18.3 Å². The normalized spacial score (nSPS) is 26.4. The third-order valence-electron chi connectivity index (χ3n) is 3.10. The zero-order valence-electron chi connectivity index (χ0n) is 9.59. The molecule has 96 valence electrons. The summed E-state index contributed by atoms with van der Waals surface area (Å²) in [5, 5.41) is 9.68. The Kier molecular flexibility index (Phi) is 3.87. The number of nitrogens with two attached hydrogens (primary N) is 1. The second kappa shape index (κ2) is 4.50. The van der Waals surface area contributed by atoms with Gasteiger partial charge in [-0.1, -0.05) is 0 Å². The topological polar surface area (TPSA) is 49.5 Å². The van der Waals surface area contributed by atoms with Gasteiger partial charge in [0.25, 0.3) is 0 Å². The van der Waals surface area contributed by atoms with Crippen LogP contribution in [0.2, 0.25) is 0 Å². The number of alkyl halides is 3. The maximum absolute atomic E-state index is 12.8. The Balaban J connectivity index is 2.69. The number of piperidine rings is 1. The molecule has 0 bridgehead atoms. The minimum absolute atomic E-state index is 0.235. The van der Waals surface area contributed by atoms with Crippen molar-refractivity contribution in [3.8, 4) is 0 Å². The lowest BCUT2D eigenvalue weighted by molar-refractivity contribution is -0.195. The van der Waals surface area contributed by atoms with Gasteiger partial charge in [-0.25, -0.2) is 0 Å². The molecule has 0 aromatic carbocycles. The van der Waals surface area contributed by atoms with Crippen LogP contribution in [0.15, 0.2) is 0 Å². The van der Waals surface area contributed by atoms with E-state index in [1.807, 2.05) is 0 Å². The Bertz CT molecular complexity index is 231. The first-order valence-corrected chi connectivity index (χ1v) is 5.42. The summed E-state index contributed by atoms with van der Waals surface area (Å²) in [5.41, 5.74) is 4.55. The monoisotopic (exact) mass is 240 g/mol. The van der Waals surface area contributed by atoms with Crippen LogP contribution in [0.4, 0.5) is 13.2 Å². The molecule has 0 aromatic heterocycles. The molecule has 16 heavy (non-hydrogen) atoms. The van der Waals surface area contributed by atoms with E-state index in [0.29, 0.717) is 12.8 Å². The molecule has 3 nitrogen and oxygen atoms in total. The molecule has 1 rings (SSSR count). The first-order chi connectivity index (χ1) is 7.13. The van der Waals surface area contributed by atoms with Gasteiger partial charge in [-0.15, -0.1) is 0 Å². The predicted octanol–water partition coefficient (Wildman–Crippen LogP) is 1.11. The maximum Gasteiger partial charge on any atom is 0.405 e. The van der Waals surface area contributed by atoms with E-state index >= 15 is 0 Å². The summed E-state index contributed by atoms with van der Waals surface area (Å²) < 4.78 is 38.3. The molecule has 2 unspecified atom stereocenters. The largest absolute Gasteiger partial charge is 0.405 e. The highest BCUT2D eigenvalue weighted by Crippen LogP contribution is 2.31. The van der Waals surface area contributed by atoms with E-state index in [1.54, 1.807) is 6.92 Å². The molecule has 0 saturated carbocycles. The lowest BCUT2D eigenvalue weighted by atomic mass is 9.92. The van der Waals surface area contributed by atoms with Crippen molar-refractivity contribution in [2.45, 2.75) is 50.6 Å². The van der Waals surface area contributed by atoms with Crippen LogP contribution in [0.25, 0.3) is 0 Å². The zero-order valence-corrected chi connectivity index (χ0v) is 9.59. The van der Waals surface area contributed by atoms with Gasteiger partial charge in [0.1, 0.15) is 6.04 Å². The molecule has 0 spiro atoms. The highest BCUT2D eigenvalue weighted by atomic mass is 19.4. The van der Waals surface area contributed by atoms with Crippen LogP contribution in [-0.4, -0.2) is 47.0 Å². The Morgan fingerprint density at radius 1 is 1.31 bits per heavy atom. The van der Waals surface area contributed by atoms with Gasteiger partial charge in [0.05, 0.1) is 5.60 Å². The fourth-order valence-electron chi connectivity index (χ4n) is 2.12. The summed E-state index contributed by atoms with van der Waals surface area (Å²) in [4.78, 5) is 1.32. The van der Waals surface area contributed by atoms with E-state index in [2.05, 4.69) is 0 Å². The highest BCUT2D eigenvalue weighted by Gasteiger charge is 2.47. The van der Waals surface area contributed by atoms with Crippen molar-refractivity contribution in [2.75, 3.05) is 13.1 Å². The third kappa shape index (κ3) is 3.33. The molecule has 1 aliphatic rings. The third-order valence-corrected chi connectivity index (χ3v) is 3.10. The Labute approximate surface area is 93.4 Å². The van der Waals surface area contributed by atoms with Gasteiger partial charge < -0.3 is 10.8 Å². The number of halogens is 3. The smallest absolute Gasteiger partial charge is 0.390 e. The van der Waals surface area contributed by atoms with Gasteiger partial charge >= 0.3 is 6.18 Å². The molecule has 1 saturated heterocycles. The molecule has 0 amide bonds. The molecule has 1 aliphatic heterocycles. The van der Waals surface area contributed by atoms with Gasteiger partial charge in [0, 0.05) is 19.1 Å². The van der Waals surface area contributed by atoms with Crippen LogP contribution in [0, 0.1) is 0 Å². The SMILES string of the molecule is CC(N)C(N1CCC(C)(O)CC1)C(F)(F)F. The summed E-state index contributed by atoms with van der Waals surface area (Å²) in [6, 6.07) is -2.56. The number of rotatable bonds is 2. The molecule has 2 atom stereocenters. The molecular weight excluding hydrogens is 221 g/mol. The second-order valence-electron chi connectivity index (χ2n) is 4.88. The maximum atomic E-state index is 12.8. The van der Waals surface area contributed by atoms with Crippen LogP contribution in [-0.2, 0) is 0 Å². The van der Waals surface area contributed by atoms with E-state index in [1.165, 1.54) is 11.8 Å². The standard InChI is InChI=1S/C10H19F3N2O/c1-7(14)8(10(11,12)13)15-5-3-9(2,16)4-6-15/h7-8,16H,3-6,14H2,1-2H3. The van der Waals surface area contributed by atoms with Crippen LogP contribution < -0.4 is 5.73 Å². The minimum atomic E-state index is -4.31. The Morgan fingerprint density at radius 2 is 1.75 bits per heavy atom. The van der Waals surface area contributed by atoms with E-state index in [9.17, 15) is 18.3 Å².